The number of rotatable bonds is 4. The van der Waals surface area contributed by atoms with E-state index in [1.807, 2.05) is 0 Å². The SMILES string of the molecule is C1=Cc2ccc3c(-c4cccc(-c5nc(C6C=CC(c7ccccc7)=CC6)nc6ccccc56)c4)nc4ccccc4c3c2CC1. The Hall–Kier alpha value is -5.67. The second-order valence-electron chi connectivity index (χ2n) is 12.2. The summed E-state index contributed by atoms with van der Waals surface area (Å²) in [6.07, 6.45) is 14.3. The third kappa shape index (κ3) is 4.55. The molecule has 2 aliphatic rings. The number of benzene rings is 5. The van der Waals surface area contributed by atoms with Gasteiger partial charge in [0.1, 0.15) is 5.82 Å². The van der Waals surface area contributed by atoms with E-state index in [1.54, 1.807) is 0 Å². The molecule has 0 saturated heterocycles. The Bertz CT molecular complexity index is 2400. The Morgan fingerprint density at radius 1 is 0.565 bits per heavy atom. The molecule has 218 valence electrons. The van der Waals surface area contributed by atoms with Crippen LogP contribution in [0.3, 0.4) is 0 Å². The largest absolute Gasteiger partial charge is 0.247 e. The van der Waals surface area contributed by atoms with Crippen molar-refractivity contribution in [3.63, 3.8) is 0 Å². The van der Waals surface area contributed by atoms with E-state index in [2.05, 4.69) is 146 Å². The van der Waals surface area contributed by atoms with Gasteiger partial charge in [0.2, 0.25) is 0 Å². The van der Waals surface area contributed by atoms with Gasteiger partial charge in [0.05, 0.1) is 22.4 Å². The highest BCUT2D eigenvalue weighted by molar-refractivity contribution is 6.13. The van der Waals surface area contributed by atoms with E-state index in [1.165, 1.54) is 38.4 Å². The minimum absolute atomic E-state index is 0.116. The van der Waals surface area contributed by atoms with Crippen LogP contribution in [0.2, 0.25) is 0 Å². The second-order valence-corrected chi connectivity index (χ2v) is 12.2. The smallest absolute Gasteiger partial charge is 0.136 e. The fraction of sp³-hybridized carbons (Fsp3) is 0.0930. The summed E-state index contributed by atoms with van der Waals surface area (Å²) in [5.41, 5.74) is 11.4. The maximum Gasteiger partial charge on any atom is 0.136 e. The van der Waals surface area contributed by atoms with Crippen molar-refractivity contribution < 1.29 is 0 Å². The van der Waals surface area contributed by atoms with Crippen LogP contribution in [0.15, 0.2) is 140 Å². The molecule has 0 radical (unpaired) electrons. The van der Waals surface area contributed by atoms with Crippen LogP contribution in [0, 0.1) is 0 Å². The van der Waals surface area contributed by atoms with Gasteiger partial charge >= 0.3 is 0 Å². The molecule has 0 bridgehead atoms. The van der Waals surface area contributed by atoms with Crippen LogP contribution in [-0.2, 0) is 6.42 Å². The Labute approximate surface area is 268 Å². The van der Waals surface area contributed by atoms with Gasteiger partial charge in [-0.2, -0.15) is 0 Å². The lowest BCUT2D eigenvalue weighted by Gasteiger charge is -2.19. The molecule has 1 atom stereocenters. The number of hydrogen-bond acceptors (Lipinski definition) is 3. The zero-order valence-corrected chi connectivity index (χ0v) is 25.4. The highest BCUT2D eigenvalue weighted by atomic mass is 14.9. The predicted molar refractivity (Wildman–Crippen MR) is 191 cm³/mol. The molecule has 0 spiro atoms. The van der Waals surface area contributed by atoms with E-state index in [9.17, 15) is 0 Å². The number of fused-ring (bicyclic) bond motifs is 6. The summed E-state index contributed by atoms with van der Waals surface area (Å²) >= 11 is 0. The highest BCUT2D eigenvalue weighted by Crippen LogP contribution is 2.39. The maximum absolute atomic E-state index is 5.28. The molecule has 0 fully saturated rings. The van der Waals surface area contributed by atoms with Crippen molar-refractivity contribution in [3.8, 4) is 22.5 Å². The molecular formula is C43H31N3. The van der Waals surface area contributed by atoms with Gasteiger partial charge in [-0.1, -0.05) is 127 Å². The Kier molecular flexibility index (Phi) is 6.41. The first-order chi connectivity index (χ1) is 22.8. The Morgan fingerprint density at radius 2 is 1.28 bits per heavy atom. The number of aromatic nitrogens is 3. The van der Waals surface area contributed by atoms with Gasteiger partial charge in [0.25, 0.3) is 0 Å². The van der Waals surface area contributed by atoms with Gasteiger partial charge in [0.15, 0.2) is 0 Å². The van der Waals surface area contributed by atoms with Crippen LogP contribution >= 0.6 is 0 Å². The van der Waals surface area contributed by atoms with E-state index in [-0.39, 0.29) is 5.92 Å². The molecule has 7 aromatic rings. The number of aryl methyl sites for hydroxylation is 1. The first kappa shape index (κ1) is 26.7. The molecule has 2 aliphatic carbocycles. The van der Waals surface area contributed by atoms with Crippen molar-refractivity contribution in [2.75, 3.05) is 0 Å². The molecule has 9 rings (SSSR count). The number of allylic oxidation sites excluding steroid dienone is 5. The van der Waals surface area contributed by atoms with Crippen molar-refractivity contribution in [1.29, 1.82) is 0 Å². The van der Waals surface area contributed by atoms with E-state index >= 15 is 0 Å². The molecule has 0 saturated carbocycles. The minimum Gasteiger partial charge on any atom is -0.247 e. The van der Waals surface area contributed by atoms with Gasteiger partial charge in [-0.05, 0) is 65.1 Å². The quantitative estimate of drug-likeness (QED) is 0.192. The predicted octanol–water partition coefficient (Wildman–Crippen LogP) is 10.8. The van der Waals surface area contributed by atoms with Gasteiger partial charge in [-0.15, -0.1) is 0 Å². The normalized spacial score (nSPS) is 15.7. The van der Waals surface area contributed by atoms with Crippen molar-refractivity contribution in [3.05, 3.63) is 162 Å². The molecule has 2 heterocycles. The van der Waals surface area contributed by atoms with Gasteiger partial charge in [-0.25, -0.2) is 15.0 Å². The van der Waals surface area contributed by atoms with Crippen molar-refractivity contribution in [2.45, 2.75) is 25.2 Å². The van der Waals surface area contributed by atoms with E-state index < -0.39 is 0 Å². The zero-order valence-electron chi connectivity index (χ0n) is 25.4. The van der Waals surface area contributed by atoms with Crippen LogP contribution in [0.1, 0.15) is 41.3 Å². The molecule has 0 amide bonds. The molecule has 0 N–H and O–H groups in total. The van der Waals surface area contributed by atoms with Crippen molar-refractivity contribution in [2.24, 2.45) is 0 Å². The standard InChI is InChI=1S/C43H31N3/c1-2-11-28(12-3-1)29-21-23-31(24-22-29)43-45-39-20-9-7-18-36(39)41(46-43)32-14-10-15-33(27-32)42-37-26-25-30-13-4-5-16-34(30)40(37)35-17-6-8-19-38(35)44-42/h1-4,6-15,17-23,25-27,31H,5,16,24H2. The molecule has 5 aromatic carbocycles. The molecule has 0 aliphatic heterocycles. The lowest BCUT2D eigenvalue weighted by atomic mass is 9.88. The van der Waals surface area contributed by atoms with Crippen LogP contribution in [0.5, 0.6) is 0 Å². The molecular weight excluding hydrogens is 558 g/mol. The fourth-order valence-corrected chi connectivity index (χ4v) is 7.17. The zero-order chi connectivity index (χ0) is 30.5. The summed E-state index contributed by atoms with van der Waals surface area (Å²) in [5, 5.41) is 4.81. The average Bonchev–Trinajstić information content (AvgIpc) is 3.14. The lowest BCUT2D eigenvalue weighted by molar-refractivity contribution is 0.783. The van der Waals surface area contributed by atoms with Crippen molar-refractivity contribution >= 4 is 44.2 Å². The summed E-state index contributed by atoms with van der Waals surface area (Å²) in [4.78, 5) is 15.6. The summed E-state index contributed by atoms with van der Waals surface area (Å²) in [7, 11) is 0. The van der Waals surface area contributed by atoms with E-state index in [0.29, 0.717) is 0 Å². The monoisotopic (exact) mass is 589 g/mol. The first-order valence-electron chi connectivity index (χ1n) is 16.1. The molecule has 1 unspecified atom stereocenters. The van der Waals surface area contributed by atoms with E-state index in [0.717, 1.165) is 64.0 Å². The molecule has 46 heavy (non-hydrogen) atoms. The Balaban J connectivity index is 1.18. The maximum atomic E-state index is 5.28. The van der Waals surface area contributed by atoms with E-state index in [4.69, 9.17) is 15.0 Å². The van der Waals surface area contributed by atoms with Crippen LogP contribution in [-0.4, -0.2) is 15.0 Å². The Morgan fingerprint density at radius 3 is 2.09 bits per heavy atom. The first-order valence-corrected chi connectivity index (χ1v) is 16.1. The molecule has 3 heteroatoms. The number of para-hydroxylation sites is 2. The second kappa shape index (κ2) is 11.0. The third-order valence-electron chi connectivity index (χ3n) is 9.44. The van der Waals surface area contributed by atoms with Crippen LogP contribution in [0.25, 0.3) is 66.7 Å². The molecule has 3 nitrogen and oxygen atoms in total. The molecule has 2 aromatic heterocycles. The van der Waals surface area contributed by atoms with Crippen molar-refractivity contribution in [1.82, 2.24) is 15.0 Å². The highest BCUT2D eigenvalue weighted by Gasteiger charge is 2.20. The number of hydrogen-bond donors (Lipinski definition) is 0. The third-order valence-corrected chi connectivity index (χ3v) is 9.44. The summed E-state index contributed by atoms with van der Waals surface area (Å²) in [6.45, 7) is 0. The topological polar surface area (TPSA) is 38.7 Å². The van der Waals surface area contributed by atoms with Crippen LogP contribution < -0.4 is 0 Å². The van der Waals surface area contributed by atoms with Gasteiger partial charge < -0.3 is 0 Å². The summed E-state index contributed by atoms with van der Waals surface area (Å²) in [6, 6.07) is 40.8. The van der Waals surface area contributed by atoms with Crippen LogP contribution in [0.4, 0.5) is 0 Å². The van der Waals surface area contributed by atoms with Gasteiger partial charge in [-0.3, -0.25) is 0 Å². The average molecular weight is 590 g/mol. The lowest BCUT2D eigenvalue weighted by Crippen LogP contribution is -2.06. The number of nitrogens with zero attached hydrogens (tertiary/aromatic N) is 3. The summed E-state index contributed by atoms with van der Waals surface area (Å²) in [5.74, 6) is 0.970. The summed E-state index contributed by atoms with van der Waals surface area (Å²) < 4.78 is 0. The minimum atomic E-state index is 0.116. The number of pyridine rings is 1. The fourth-order valence-electron chi connectivity index (χ4n) is 7.17. The van der Waals surface area contributed by atoms with Gasteiger partial charge in [0, 0.05) is 33.2 Å².